The van der Waals surface area contributed by atoms with Gasteiger partial charge in [0.05, 0.1) is 38.9 Å². The Morgan fingerprint density at radius 2 is 1.69 bits per heavy atom. The quantitative estimate of drug-likeness (QED) is 0.350. The molecule has 0 aromatic rings. The molecular formula is C18H38BO6P. The van der Waals surface area contributed by atoms with Gasteiger partial charge in [0.1, 0.15) is 0 Å². The summed E-state index contributed by atoms with van der Waals surface area (Å²) in [5.74, 6) is 0.0227. The minimum atomic E-state index is -4.27. The number of phosphoric acid groups is 1. The predicted octanol–water partition coefficient (Wildman–Crippen LogP) is 4.37. The van der Waals surface area contributed by atoms with Gasteiger partial charge in [0.25, 0.3) is 0 Å². The van der Waals surface area contributed by atoms with Crippen molar-refractivity contribution in [2.75, 3.05) is 19.8 Å². The molecule has 5 atom stereocenters. The van der Waals surface area contributed by atoms with Gasteiger partial charge in [0.2, 0.25) is 0 Å². The van der Waals surface area contributed by atoms with E-state index in [0.717, 1.165) is 6.42 Å². The molecule has 0 saturated heterocycles. The lowest BCUT2D eigenvalue weighted by Crippen LogP contribution is -2.33. The standard InChI is InChI=1S/C18H38BO6P/c1-9-14(4)10-23-18(7,8)12-24-26(20,21)25-17(11-22-13(2)3)15(5)16(6)19/h13-17H,9-12H2,1-8H3,(H,20,21)/t14?,15?,16?,17-/m0/s1. The van der Waals surface area contributed by atoms with Crippen molar-refractivity contribution in [2.24, 2.45) is 11.8 Å². The van der Waals surface area contributed by atoms with Crippen LogP contribution in [0, 0.1) is 11.8 Å². The molecule has 0 aromatic carbocycles. The van der Waals surface area contributed by atoms with Crippen LogP contribution >= 0.6 is 7.82 Å². The number of phosphoric ester groups is 1. The van der Waals surface area contributed by atoms with Crippen LogP contribution in [-0.2, 0) is 23.1 Å². The largest absolute Gasteiger partial charge is 0.472 e. The third-order valence-electron chi connectivity index (χ3n) is 4.31. The van der Waals surface area contributed by atoms with Crippen LogP contribution in [0.4, 0.5) is 0 Å². The Balaban J connectivity index is 4.75. The first-order valence-electron chi connectivity index (χ1n) is 9.46. The molecule has 0 aliphatic carbocycles. The molecule has 0 spiro atoms. The maximum absolute atomic E-state index is 12.4. The van der Waals surface area contributed by atoms with Gasteiger partial charge in [-0.15, -0.1) is 0 Å². The van der Waals surface area contributed by atoms with Gasteiger partial charge in [-0.1, -0.05) is 39.9 Å². The summed E-state index contributed by atoms with van der Waals surface area (Å²) in [5.41, 5.74) is -0.693. The van der Waals surface area contributed by atoms with Crippen LogP contribution in [-0.4, -0.2) is 50.4 Å². The molecule has 0 heterocycles. The van der Waals surface area contributed by atoms with Crippen LogP contribution in [0.3, 0.4) is 0 Å². The predicted molar refractivity (Wildman–Crippen MR) is 106 cm³/mol. The lowest BCUT2D eigenvalue weighted by atomic mass is 9.76. The van der Waals surface area contributed by atoms with E-state index >= 15 is 0 Å². The normalized spacial score (nSPS) is 19.8. The van der Waals surface area contributed by atoms with Gasteiger partial charge in [0.15, 0.2) is 0 Å². The van der Waals surface area contributed by atoms with E-state index in [0.29, 0.717) is 12.5 Å². The fraction of sp³-hybridized carbons (Fsp3) is 1.00. The molecule has 26 heavy (non-hydrogen) atoms. The van der Waals surface area contributed by atoms with Crippen molar-refractivity contribution in [1.82, 2.24) is 0 Å². The third-order valence-corrected chi connectivity index (χ3v) is 5.30. The van der Waals surface area contributed by atoms with Crippen LogP contribution in [0.2, 0.25) is 5.82 Å². The van der Waals surface area contributed by atoms with Crippen molar-refractivity contribution in [2.45, 2.75) is 85.4 Å². The van der Waals surface area contributed by atoms with Gasteiger partial charge in [0, 0.05) is 6.61 Å². The summed E-state index contributed by atoms with van der Waals surface area (Å²) in [6.45, 7) is 16.0. The molecule has 2 radical (unpaired) electrons. The second-order valence-electron chi connectivity index (χ2n) is 8.07. The zero-order valence-corrected chi connectivity index (χ0v) is 18.6. The highest BCUT2D eigenvalue weighted by atomic mass is 31.2. The summed E-state index contributed by atoms with van der Waals surface area (Å²) < 4.78 is 34.3. The Morgan fingerprint density at radius 1 is 1.12 bits per heavy atom. The molecule has 4 unspecified atom stereocenters. The van der Waals surface area contributed by atoms with Gasteiger partial charge in [-0.2, -0.15) is 0 Å². The van der Waals surface area contributed by atoms with Crippen LogP contribution in [0.5, 0.6) is 0 Å². The molecule has 1 N–H and O–H groups in total. The lowest BCUT2D eigenvalue weighted by Gasteiger charge is -2.31. The molecule has 8 heteroatoms. The molecule has 6 nitrogen and oxygen atoms in total. The summed E-state index contributed by atoms with van der Waals surface area (Å²) >= 11 is 0. The van der Waals surface area contributed by atoms with E-state index in [-0.39, 0.29) is 31.1 Å². The second kappa shape index (κ2) is 11.8. The summed E-state index contributed by atoms with van der Waals surface area (Å²) in [5, 5.41) is 0. The third kappa shape index (κ3) is 11.7. The summed E-state index contributed by atoms with van der Waals surface area (Å²) in [4.78, 5) is 10.1. The van der Waals surface area contributed by atoms with Crippen molar-refractivity contribution < 1.29 is 28.0 Å². The van der Waals surface area contributed by atoms with Crippen molar-refractivity contribution in [3.05, 3.63) is 0 Å². The SMILES string of the molecule is [B]C(C)C(C)[C@H](COC(C)C)OP(=O)(O)OCC(C)(C)OCC(C)CC. The van der Waals surface area contributed by atoms with Crippen molar-refractivity contribution in [3.63, 3.8) is 0 Å². The van der Waals surface area contributed by atoms with Crippen molar-refractivity contribution in [3.8, 4) is 0 Å². The van der Waals surface area contributed by atoms with Gasteiger partial charge in [-0.05, 0) is 39.5 Å². The molecular weight excluding hydrogens is 354 g/mol. The second-order valence-corrected chi connectivity index (χ2v) is 9.48. The zero-order chi connectivity index (χ0) is 20.5. The fourth-order valence-electron chi connectivity index (χ4n) is 1.87. The number of hydrogen-bond acceptors (Lipinski definition) is 5. The molecule has 0 amide bonds. The highest BCUT2D eigenvalue weighted by molar-refractivity contribution is 7.47. The molecule has 0 rings (SSSR count). The van der Waals surface area contributed by atoms with E-state index in [1.165, 1.54) is 0 Å². The van der Waals surface area contributed by atoms with E-state index in [1.54, 1.807) is 0 Å². The fourth-order valence-corrected chi connectivity index (χ4v) is 3.00. The molecule has 0 bridgehead atoms. The number of rotatable bonds is 14. The molecule has 0 fully saturated rings. The Bertz CT molecular complexity index is 430. The van der Waals surface area contributed by atoms with E-state index in [4.69, 9.17) is 26.4 Å². The first-order chi connectivity index (χ1) is 11.8. The summed E-state index contributed by atoms with van der Waals surface area (Å²) in [6.07, 6.45) is 0.344. The van der Waals surface area contributed by atoms with Crippen LogP contribution in [0.15, 0.2) is 0 Å². The average Bonchev–Trinajstić information content (AvgIpc) is 2.54. The Labute approximate surface area is 161 Å². The highest BCUT2D eigenvalue weighted by Crippen LogP contribution is 2.47. The highest BCUT2D eigenvalue weighted by Gasteiger charge is 2.34. The smallest absolute Gasteiger partial charge is 0.376 e. The monoisotopic (exact) mass is 392 g/mol. The van der Waals surface area contributed by atoms with Crippen LogP contribution in [0.25, 0.3) is 0 Å². The van der Waals surface area contributed by atoms with Crippen LogP contribution in [0.1, 0.15) is 61.8 Å². The molecule has 0 aliphatic heterocycles. The molecule has 0 aliphatic rings. The molecule has 154 valence electrons. The minimum absolute atomic E-state index is 0.0201. The Hall–Kier alpha value is 0.0949. The minimum Gasteiger partial charge on any atom is -0.376 e. The first-order valence-corrected chi connectivity index (χ1v) is 11.0. The molecule has 0 aromatic heterocycles. The topological polar surface area (TPSA) is 74.2 Å². The number of hydrogen-bond donors (Lipinski definition) is 1. The van der Waals surface area contributed by atoms with E-state index in [1.807, 2.05) is 41.5 Å². The van der Waals surface area contributed by atoms with Gasteiger partial charge in [-0.3, -0.25) is 9.05 Å². The van der Waals surface area contributed by atoms with Crippen molar-refractivity contribution in [1.29, 1.82) is 0 Å². The lowest BCUT2D eigenvalue weighted by molar-refractivity contribution is -0.0719. The van der Waals surface area contributed by atoms with Gasteiger partial charge >= 0.3 is 7.82 Å². The Kier molecular flexibility index (Phi) is 11.9. The molecule has 0 saturated carbocycles. The zero-order valence-electron chi connectivity index (χ0n) is 17.7. The summed E-state index contributed by atoms with van der Waals surface area (Å²) in [6, 6.07) is 0. The maximum atomic E-state index is 12.4. The Morgan fingerprint density at radius 3 is 2.15 bits per heavy atom. The van der Waals surface area contributed by atoms with E-state index < -0.39 is 19.5 Å². The van der Waals surface area contributed by atoms with E-state index in [9.17, 15) is 9.46 Å². The summed E-state index contributed by atoms with van der Waals surface area (Å²) in [7, 11) is 1.65. The average molecular weight is 392 g/mol. The van der Waals surface area contributed by atoms with E-state index in [2.05, 4.69) is 13.8 Å². The maximum Gasteiger partial charge on any atom is 0.472 e. The van der Waals surface area contributed by atoms with Crippen molar-refractivity contribution >= 4 is 15.7 Å². The first kappa shape index (κ1) is 26.1. The van der Waals surface area contributed by atoms with Crippen LogP contribution < -0.4 is 0 Å². The van der Waals surface area contributed by atoms with Gasteiger partial charge in [-0.25, -0.2) is 4.57 Å². The number of ether oxygens (including phenoxy) is 2. The van der Waals surface area contributed by atoms with Gasteiger partial charge < -0.3 is 14.4 Å².